The summed E-state index contributed by atoms with van der Waals surface area (Å²) in [5.74, 6) is 1.22. The van der Waals surface area contributed by atoms with Gasteiger partial charge in [-0.15, -0.1) is 0 Å². The van der Waals surface area contributed by atoms with Crippen molar-refractivity contribution in [2.24, 2.45) is 10.9 Å². The van der Waals surface area contributed by atoms with Crippen molar-refractivity contribution < 1.29 is 9.94 Å². The molecule has 104 valence electrons. The summed E-state index contributed by atoms with van der Waals surface area (Å²) in [6.07, 6.45) is 1.47. The Hall–Kier alpha value is -1.27. The van der Waals surface area contributed by atoms with E-state index in [0.717, 1.165) is 28.8 Å². The van der Waals surface area contributed by atoms with Gasteiger partial charge in [-0.1, -0.05) is 21.1 Å². The first kappa shape index (κ1) is 14.1. The number of halogens is 1. The normalized spacial score (nSPS) is 16.0. The Kier molecular flexibility index (Phi) is 4.66. The van der Waals surface area contributed by atoms with Crippen molar-refractivity contribution in [2.45, 2.75) is 32.4 Å². The summed E-state index contributed by atoms with van der Waals surface area (Å²) in [6.45, 7) is 3.44. The Morgan fingerprint density at radius 1 is 1.63 bits per heavy atom. The summed E-state index contributed by atoms with van der Waals surface area (Å²) in [5.41, 5.74) is 7.86. The number of fused-ring (bicyclic) bond motifs is 1. The van der Waals surface area contributed by atoms with Crippen molar-refractivity contribution in [3.63, 3.8) is 0 Å². The minimum Gasteiger partial charge on any atom is -0.493 e. The minimum absolute atomic E-state index is 0.131. The molecule has 1 aromatic rings. The van der Waals surface area contributed by atoms with Gasteiger partial charge in [0.05, 0.1) is 6.61 Å². The third-order valence-electron chi connectivity index (χ3n) is 3.11. The second-order valence-corrected chi connectivity index (χ2v) is 5.64. The van der Waals surface area contributed by atoms with E-state index in [9.17, 15) is 0 Å². The van der Waals surface area contributed by atoms with Gasteiger partial charge in [0.25, 0.3) is 0 Å². The molecule has 1 aliphatic rings. The van der Waals surface area contributed by atoms with Gasteiger partial charge in [-0.25, -0.2) is 0 Å². The van der Waals surface area contributed by atoms with Gasteiger partial charge in [-0.05, 0) is 24.6 Å². The predicted octanol–water partition coefficient (Wildman–Crippen LogP) is 2.00. The predicted molar refractivity (Wildman–Crippen MR) is 77.7 cm³/mol. The van der Waals surface area contributed by atoms with Gasteiger partial charge in [0.1, 0.15) is 11.6 Å². The second kappa shape index (κ2) is 6.25. The van der Waals surface area contributed by atoms with Gasteiger partial charge in [0.15, 0.2) is 0 Å². The van der Waals surface area contributed by atoms with Crippen LogP contribution in [0.3, 0.4) is 0 Å². The lowest BCUT2D eigenvalue weighted by Gasteiger charge is -2.15. The minimum atomic E-state index is 0.131. The molecule has 0 aliphatic carbocycles. The number of amidine groups is 1. The molecule has 0 amide bonds. The molecule has 2 rings (SSSR count). The van der Waals surface area contributed by atoms with Crippen LogP contribution < -0.4 is 15.8 Å². The number of oxime groups is 1. The molecule has 0 fully saturated rings. The van der Waals surface area contributed by atoms with Crippen LogP contribution in [0.5, 0.6) is 5.75 Å². The maximum Gasteiger partial charge on any atom is 0.140 e. The van der Waals surface area contributed by atoms with Crippen LogP contribution in [0.2, 0.25) is 0 Å². The Morgan fingerprint density at radius 2 is 2.42 bits per heavy atom. The highest BCUT2D eigenvalue weighted by atomic mass is 79.9. The fraction of sp³-hybridized carbons (Fsp3) is 0.462. The van der Waals surface area contributed by atoms with Gasteiger partial charge < -0.3 is 21.0 Å². The molecule has 0 bridgehead atoms. The smallest absolute Gasteiger partial charge is 0.140 e. The average molecular weight is 328 g/mol. The number of benzene rings is 1. The third kappa shape index (κ3) is 3.61. The fourth-order valence-corrected chi connectivity index (χ4v) is 2.74. The molecule has 1 atom stereocenters. The lowest BCUT2D eigenvalue weighted by molar-refractivity contribution is 0.315. The lowest BCUT2D eigenvalue weighted by atomic mass is 10.1. The van der Waals surface area contributed by atoms with E-state index < -0.39 is 0 Å². The molecule has 1 unspecified atom stereocenters. The number of nitrogens with zero attached hydrogens (tertiary/aromatic N) is 1. The molecule has 1 aromatic carbocycles. The highest BCUT2D eigenvalue weighted by Gasteiger charge is 2.17. The summed E-state index contributed by atoms with van der Waals surface area (Å²) in [4.78, 5) is 0. The molecule has 19 heavy (non-hydrogen) atoms. The summed E-state index contributed by atoms with van der Waals surface area (Å²) in [7, 11) is 0. The van der Waals surface area contributed by atoms with E-state index in [4.69, 9.17) is 15.7 Å². The molecular formula is C13H18BrN3O2. The first-order valence-electron chi connectivity index (χ1n) is 6.24. The summed E-state index contributed by atoms with van der Waals surface area (Å²) in [5, 5.41) is 14.9. The van der Waals surface area contributed by atoms with Crippen LogP contribution in [0, 0.1) is 0 Å². The number of rotatable bonds is 5. The zero-order valence-electron chi connectivity index (χ0n) is 10.8. The maximum absolute atomic E-state index is 8.54. The standard InChI is InChI=1S/C13H18BrN3O2/c1-8(4-12(15)17-18)16-7-10-6-11(14)5-9-2-3-19-13(9)10/h5-6,8,16,18H,2-4,7H2,1H3,(H2,15,17). The topological polar surface area (TPSA) is 79.9 Å². The van der Waals surface area contributed by atoms with Crippen molar-refractivity contribution >= 4 is 21.8 Å². The fourth-order valence-electron chi connectivity index (χ4n) is 2.19. The first-order chi connectivity index (χ1) is 9.10. The van der Waals surface area contributed by atoms with Gasteiger partial charge in [0, 0.05) is 35.5 Å². The second-order valence-electron chi connectivity index (χ2n) is 4.73. The highest BCUT2D eigenvalue weighted by molar-refractivity contribution is 9.10. The Balaban J connectivity index is 2.00. The van der Waals surface area contributed by atoms with Crippen molar-refractivity contribution in [1.82, 2.24) is 5.32 Å². The van der Waals surface area contributed by atoms with E-state index in [2.05, 4.69) is 38.5 Å². The number of hydrogen-bond acceptors (Lipinski definition) is 4. The van der Waals surface area contributed by atoms with Gasteiger partial charge in [0.2, 0.25) is 0 Å². The zero-order valence-corrected chi connectivity index (χ0v) is 12.4. The van der Waals surface area contributed by atoms with Crippen molar-refractivity contribution in [1.29, 1.82) is 0 Å². The van der Waals surface area contributed by atoms with Crippen LogP contribution in [0.15, 0.2) is 21.8 Å². The lowest BCUT2D eigenvalue weighted by Crippen LogP contribution is -2.30. The highest BCUT2D eigenvalue weighted by Crippen LogP contribution is 2.32. The summed E-state index contributed by atoms with van der Waals surface area (Å²) < 4.78 is 6.74. The molecule has 1 heterocycles. The SMILES string of the molecule is CC(C/C(N)=N/O)NCc1cc(Br)cc2c1OCC2. The molecule has 5 nitrogen and oxygen atoms in total. The largest absolute Gasteiger partial charge is 0.493 e. The molecule has 6 heteroatoms. The number of nitrogens with one attached hydrogen (secondary N) is 1. The Labute approximate surface area is 120 Å². The Bertz CT molecular complexity index is 491. The third-order valence-corrected chi connectivity index (χ3v) is 3.57. The van der Waals surface area contributed by atoms with Gasteiger partial charge in [-0.2, -0.15) is 0 Å². The molecule has 1 aliphatic heterocycles. The summed E-state index contributed by atoms with van der Waals surface area (Å²) in [6, 6.07) is 4.30. The van der Waals surface area contributed by atoms with Gasteiger partial charge >= 0.3 is 0 Å². The van der Waals surface area contributed by atoms with Crippen LogP contribution in [0.25, 0.3) is 0 Å². The van der Waals surface area contributed by atoms with E-state index >= 15 is 0 Å². The molecule has 0 radical (unpaired) electrons. The van der Waals surface area contributed by atoms with Crippen molar-refractivity contribution in [2.75, 3.05) is 6.61 Å². The molecule has 0 saturated heterocycles. The number of ether oxygens (including phenoxy) is 1. The van der Waals surface area contributed by atoms with Crippen LogP contribution in [-0.4, -0.2) is 23.7 Å². The monoisotopic (exact) mass is 327 g/mol. The summed E-state index contributed by atoms with van der Waals surface area (Å²) >= 11 is 3.52. The number of hydrogen-bond donors (Lipinski definition) is 3. The van der Waals surface area contributed by atoms with E-state index in [0.29, 0.717) is 13.0 Å². The van der Waals surface area contributed by atoms with E-state index in [1.54, 1.807) is 0 Å². The van der Waals surface area contributed by atoms with Crippen LogP contribution in [-0.2, 0) is 13.0 Å². The van der Waals surface area contributed by atoms with Gasteiger partial charge in [-0.3, -0.25) is 0 Å². The molecular weight excluding hydrogens is 310 g/mol. The van der Waals surface area contributed by atoms with Crippen LogP contribution in [0.1, 0.15) is 24.5 Å². The van der Waals surface area contributed by atoms with E-state index in [-0.39, 0.29) is 11.9 Å². The zero-order chi connectivity index (χ0) is 13.8. The van der Waals surface area contributed by atoms with Crippen LogP contribution >= 0.6 is 15.9 Å². The molecule has 0 spiro atoms. The maximum atomic E-state index is 8.54. The Morgan fingerprint density at radius 3 is 3.16 bits per heavy atom. The number of nitrogens with two attached hydrogens (primary N) is 1. The first-order valence-corrected chi connectivity index (χ1v) is 7.03. The van der Waals surface area contributed by atoms with E-state index in [1.165, 1.54) is 5.56 Å². The molecule has 0 saturated carbocycles. The van der Waals surface area contributed by atoms with Crippen LogP contribution in [0.4, 0.5) is 0 Å². The van der Waals surface area contributed by atoms with Crippen molar-refractivity contribution in [3.8, 4) is 5.75 Å². The quantitative estimate of drug-likeness (QED) is 0.334. The molecule has 0 aromatic heterocycles. The molecule has 4 N–H and O–H groups in total. The average Bonchev–Trinajstić information content (AvgIpc) is 2.83. The van der Waals surface area contributed by atoms with E-state index in [1.807, 2.05) is 6.92 Å². The van der Waals surface area contributed by atoms with Crippen molar-refractivity contribution in [3.05, 3.63) is 27.7 Å².